The highest BCUT2D eigenvalue weighted by Crippen LogP contribution is 2.62. The van der Waals surface area contributed by atoms with Crippen LogP contribution in [0.25, 0.3) is 0 Å². The highest BCUT2D eigenvalue weighted by atomic mass is 31.2. The third kappa shape index (κ3) is 1.41. The van der Waals surface area contributed by atoms with Gasteiger partial charge in [0, 0.05) is 6.92 Å². The zero-order chi connectivity index (χ0) is 8.91. The normalized spacial score (nSPS) is 49.5. The number of hydrogen-bond donors (Lipinski definition) is 1. The molecule has 0 aromatic heterocycles. The molecule has 0 amide bonds. The smallest absolute Gasteiger partial charge is 0.302 e. The largest absolute Gasteiger partial charge is 0.480 e. The molecule has 1 aliphatic rings. The van der Waals surface area contributed by atoms with E-state index in [9.17, 15) is 17.7 Å². The lowest BCUT2D eigenvalue weighted by Gasteiger charge is -2.15. The molecule has 0 bridgehead atoms. The van der Waals surface area contributed by atoms with Gasteiger partial charge in [0.15, 0.2) is 0 Å². The van der Waals surface area contributed by atoms with Crippen LogP contribution in [-0.4, -0.2) is 16.9 Å². The van der Waals surface area contributed by atoms with Crippen molar-refractivity contribution in [2.24, 2.45) is 0 Å². The van der Waals surface area contributed by atoms with Crippen molar-refractivity contribution in [3.05, 3.63) is 0 Å². The Bertz CT molecular complexity index is 207. The second kappa shape index (κ2) is 1.98. The lowest BCUT2D eigenvalue weighted by atomic mass is 10.3. The van der Waals surface area contributed by atoms with Gasteiger partial charge >= 0.3 is 19.8 Å². The monoisotopic (exact) mass is 192 g/mol. The molecule has 2 unspecified atom stereocenters. The lowest BCUT2D eigenvalue weighted by Crippen LogP contribution is -2.37. The molecule has 8 heteroatoms. The van der Waals surface area contributed by atoms with Crippen molar-refractivity contribution in [2.45, 2.75) is 18.9 Å². The fourth-order valence-corrected chi connectivity index (χ4v) is 1.54. The van der Waals surface area contributed by atoms with Crippen LogP contribution < -0.4 is 0 Å². The van der Waals surface area contributed by atoms with Gasteiger partial charge in [-0.15, -0.1) is 0 Å². The molecule has 0 radical (unpaired) electrons. The third-order valence-electron chi connectivity index (χ3n) is 1.04. The van der Waals surface area contributed by atoms with Gasteiger partial charge < -0.3 is 4.89 Å². The fourth-order valence-electron chi connectivity index (χ4n) is 0.515. The zero-order valence-corrected chi connectivity index (χ0v) is 6.15. The van der Waals surface area contributed by atoms with Gasteiger partial charge in [-0.05, 0) is 0 Å². The molecule has 2 atom stereocenters. The maximum atomic E-state index is 12.5. The van der Waals surface area contributed by atoms with Crippen LogP contribution in [0.5, 0.6) is 0 Å². The summed E-state index contributed by atoms with van der Waals surface area (Å²) in [6.07, 6.45) is -4.38. The minimum atomic E-state index is -4.91. The molecule has 0 saturated carbocycles. The Morgan fingerprint density at radius 1 is 1.36 bits per heavy atom. The van der Waals surface area contributed by atoms with Gasteiger partial charge in [0.2, 0.25) is 0 Å². The highest BCUT2D eigenvalue weighted by Gasteiger charge is 2.67. The van der Waals surface area contributed by atoms with Gasteiger partial charge in [-0.1, -0.05) is 0 Å². The first-order valence-corrected chi connectivity index (χ1v) is 3.97. The zero-order valence-electron chi connectivity index (χ0n) is 5.25. The van der Waals surface area contributed by atoms with E-state index in [1.165, 1.54) is 0 Å². The first-order valence-electron chi connectivity index (χ1n) is 2.47. The molecular formula is C3H4F3O4P. The summed E-state index contributed by atoms with van der Waals surface area (Å²) in [5.74, 6) is -3.54. The van der Waals surface area contributed by atoms with E-state index in [1.807, 2.05) is 0 Å². The van der Waals surface area contributed by atoms with Crippen molar-refractivity contribution >= 4 is 7.82 Å². The molecule has 11 heavy (non-hydrogen) atoms. The van der Waals surface area contributed by atoms with Crippen molar-refractivity contribution in [3.63, 3.8) is 0 Å². The minimum absolute atomic E-state index is 0.308. The Labute approximate surface area is 59.5 Å². The average molecular weight is 192 g/mol. The number of hydrogen-bond acceptors (Lipinski definition) is 3. The summed E-state index contributed by atoms with van der Waals surface area (Å²) in [5.41, 5.74) is 0. The molecule has 1 N–H and O–H groups in total. The molecule has 0 spiro atoms. The molecule has 4 nitrogen and oxygen atoms in total. The molecule has 0 aromatic rings. The Morgan fingerprint density at radius 3 is 1.91 bits per heavy atom. The Morgan fingerprint density at radius 2 is 1.82 bits per heavy atom. The Balaban J connectivity index is 2.98. The first kappa shape index (κ1) is 8.99. The molecule has 1 aliphatic heterocycles. The maximum absolute atomic E-state index is 12.5. The van der Waals surface area contributed by atoms with Crippen LogP contribution in [0.4, 0.5) is 13.2 Å². The first-order chi connectivity index (χ1) is 4.66. The standard InChI is InChI=1S/C3H4F3O4P/c1-2(4)3(5,6)10-11(7,8)9-2/h1H3,(H,7,8). The SMILES string of the molecule is CC1(F)OP(=O)(O)OC1(F)F. The van der Waals surface area contributed by atoms with Gasteiger partial charge in [0.25, 0.3) is 0 Å². The van der Waals surface area contributed by atoms with E-state index in [4.69, 9.17) is 4.89 Å². The topological polar surface area (TPSA) is 55.8 Å². The average Bonchev–Trinajstić information content (AvgIpc) is 1.66. The maximum Gasteiger partial charge on any atom is 0.480 e. The molecule has 66 valence electrons. The van der Waals surface area contributed by atoms with Crippen LogP contribution in [0.1, 0.15) is 6.92 Å². The Kier molecular flexibility index (Phi) is 1.62. The lowest BCUT2D eigenvalue weighted by molar-refractivity contribution is -0.279. The van der Waals surface area contributed by atoms with Crippen molar-refractivity contribution in [3.8, 4) is 0 Å². The predicted molar refractivity (Wildman–Crippen MR) is 26.5 cm³/mol. The molecule has 0 aliphatic carbocycles. The van der Waals surface area contributed by atoms with Crippen LogP contribution in [0.3, 0.4) is 0 Å². The molecular weight excluding hydrogens is 188 g/mol. The summed E-state index contributed by atoms with van der Waals surface area (Å²) in [7, 11) is -4.91. The predicted octanol–water partition coefficient (Wildman–Crippen LogP) is 1.41. The van der Waals surface area contributed by atoms with Crippen molar-refractivity contribution < 1.29 is 31.7 Å². The number of halogens is 3. The summed E-state index contributed by atoms with van der Waals surface area (Å²) in [6.45, 7) is 0.308. The molecule has 1 rings (SSSR count). The van der Waals surface area contributed by atoms with Crippen molar-refractivity contribution in [1.29, 1.82) is 0 Å². The Hall–Kier alpha value is -0.100. The van der Waals surface area contributed by atoms with Crippen LogP contribution in [0.2, 0.25) is 0 Å². The van der Waals surface area contributed by atoms with E-state index in [0.717, 1.165) is 0 Å². The van der Waals surface area contributed by atoms with E-state index in [1.54, 1.807) is 0 Å². The summed E-state index contributed by atoms with van der Waals surface area (Å²) < 4.78 is 53.6. The van der Waals surface area contributed by atoms with E-state index >= 15 is 0 Å². The minimum Gasteiger partial charge on any atom is -0.302 e. The molecule has 0 aromatic carbocycles. The number of alkyl halides is 3. The van der Waals surface area contributed by atoms with Crippen LogP contribution in [0.15, 0.2) is 0 Å². The quantitative estimate of drug-likeness (QED) is 0.589. The van der Waals surface area contributed by atoms with Gasteiger partial charge in [-0.3, -0.25) is 0 Å². The van der Waals surface area contributed by atoms with E-state index in [2.05, 4.69) is 9.05 Å². The molecule has 1 saturated heterocycles. The summed E-state index contributed by atoms with van der Waals surface area (Å²) >= 11 is 0. The van der Waals surface area contributed by atoms with E-state index < -0.39 is 19.8 Å². The fraction of sp³-hybridized carbons (Fsp3) is 1.00. The summed E-state index contributed by atoms with van der Waals surface area (Å²) in [5, 5.41) is 0. The number of phosphoric ester groups is 1. The molecule has 1 heterocycles. The van der Waals surface area contributed by atoms with E-state index in [-0.39, 0.29) is 0 Å². The van der Waals surface area contributed by atoms with E-state index in [0.29, 0.717) is 6.92 Å². The second-order valence-electron chi connectivity index (χ2n) is 2.08. The van der Waals surface area contributed by atoms with Crippen LogP contribution >= 0.6 is 7.82 Å². The molecule has 1 fully saturated rings. The number of rotatable bonds is 0. The van der Waals surface area contributed by atoms with Gasteiger partial charge in [0.05, 0.1) is 0 Å². The third-order valence-corrected chi connectivity index (χ3v) is 2.07. The van der Waals surface area contributed by atoms with Gasteiger partial charge in [-0.25, -0.2) is 18.0 Å². The van der Waals surface area contributed by atoms with Crippen molar-refractivity contribution in [2.75, 3.05) is 0 Å². The van der Waals surface area contributed by atoms with Gasteiger partial charge in [-0.2, -0.15) is 8.78 Å². The second-order valence-corrected chi connectivity index (χ2v) is 3.39. The van der Waals surface area contributed by atoms with Gasteiger partial charge in [0.1, 0.15) is 0 Å². The van der Waals surface area contributed by atoms with Crippen LogP contribution in [0, 0.1) is 0 Å². The van der Waals surface area contributed by atoms with Crippen LogP contribution in [-0.2, 0) is 13.6 Å². The summed E-state index contributed by atoms with van der Waals surface area (Å²) in [4.78, 5) is 8.26. The number of phosphoric acid groups is 1. The highest BCUT2D eigenvalue weighted by molar-refractivity contribution is 7.47. The summed E-state index contributed by atoms with van der Waals surface area (Å²) in [6, 6.07) is 0. The van der Waals surface area contributed by atoms with Crippen molar-refractivity contribution in [1.82, 2.24) is 0 Å².